The lowest BCUT2D eigenvalue weighted by Gasteiger charge is -2.14. The Morgan fingerprint density at radius 3 is 2.67 bits per heavy atom. The molecule has 0 saturated heterocycles. The van der Waals surface area contributed by atoms with Gasteiger partial charge < -0.3 is 10.2 Å². The zero-order chi connectivity index (χ0) is 15.6. The van der Waals surface area contributed by atoms with Crippen molar-refractivity contribution in [2.75, 3.05) is 0 Å². The predicted octanol–water partition coefficient (Wildman–Crippen LogP) is 2.19. The van der Waals surface area contributed by atoms with E-state index >= 15 is 0 Å². The van der Waals surface area contributed by atoms with Crippen LogP contribution in [0.25, 0.3) is 0 Å². The molecule has 2 aromatic rings. The van der Waals surface area contributed by atoms with Crippen molar-refractivity contribution < 1.29 is 23.4 Å². The van der Waals surface area contributed by atoms with Crippen LogP contribution in [0.15, 0.2) is 40.6 Å². The quantitative estimate of drug-likeness (QED) is 0.781. The molecule has 0 saturated carbocycles. The standard InChI is InChI=1S/C13H13NO5S2/c1-8(9-3-2-4-10(15)7-9)14-21(18,19)11-5-6-20-12(11)13(16)17/h2-8,14-15H,1H3,(H,16,17). The molecule has 0 bridgehead atoms. The summed E-state index contributed by atoms with van der Waals surface area (Å²) in [6, 6.07) is 6.83. The summed E-state index contributed by atoms with van der Waals surface area (Å²) in [6.45, 7) is 1.61. The van der Waals surface area contributed by atoms with Gasteiger partial charge in [0.05, 0.1) is 0 Å². The Labute approximate surface area is 125 Å². The van der Waals surface area contributed by atoms with Crippen molar-refractivity contribution in [1.82, 2.24) is 4.72 Å². The van der Waals surface area contributed by atoms with E-state index in [4.69, 9.17) is 5.11 Å². The molecular formula is C13H13NO5S2. The van der Waals surface area contributed by atoms with Gasteiger partial charge in [-0.1, -0.05) is 12.1 Å². The predicted molar refractivity (Wildman–Crippen MR) is 78.1 cm³/mol. The zero-order valence-electron chi connectivity index (χ0n) is 11.0. The topological polar surface area (TPSA) is 104 Å². The molecule has 0 spiro atoms. The normalized spacial score (nSPS) is 13.0. The average Bonchev–Trinajstić information content (AvgIpc) is 2.88. The van der Waals surface area contributed by atoms with Crippen molar-refractivity contribution in [2.45, 2.75) is 17.9 Å². The number of carboxylic acid groups (broad SMARTS) is 1. The summed E-state index contributed by atoms with van der Waals surface area (Å²) in [5.41, 5.74) is 0.575. The van der Waals surface area contributed by atoms with Gasteiger partial charge in [0.1, 0.15) is 15.5 Å². The van der Waals surface area contributed by atoms with Gasteiger partial charge in [0.25, 0.3) is 0 Å². The summed E-state index contributed by atoms with van der Waals surface area (Å²) in [5, 5.41) is 19.8. The number of thiophene rings is 1. The Balaban J connectivity index is 2.29. The maximum Gasteiger partial charge on any atom is 0.347 e. The molecule has 0 fully saturated rings. The first kappa shape index (κ1) is 15.5. The highest BCUT2D eigenvalue weighted by molar-refractivity contribution is 7.89. The van der Waals surface area contributed by atoms with Crippen molar-refractivity contribution in [1.29, 1.82) is 0 Å². The van der Waals surface area contributed by atoms with Gasteiger partial charge in [-0.2, -0.15) is 0 Å². The van der Waals surface area contributed by atoms with Crippen LogP contribution in [0.1, 0.15) is 28.2 Å². The minimum Gasteiger partial charge on any atom is -0.508 e. The number of hydrogen-bond donors (Lipinski definition) is 3. The highest BCUT2D eigenvalue weighted by Gasteiger charge is 2.25. The first-order chi connectivity index (χ1) is 9.81. The summed E-state index contributed by atoms with van der Waals surface area (Å²) in [4.78, 5) is 10.5. The van der Waals surface area contributed by atoms with Crippen LogP contribution < -0.4 is 4.72 Å². The second-order valence-corrected chi connectivity index (χ2v) is 6.96. The molecule has 0 aliphatic heterocycles. The van der Waals surface area contributed by atoms with Gasteiger partial charge in [-0.15, -0.1) is 11.3 Å². The first-order valence-corrected chi connectivity index (χ1v) is 8.29. The van der Waals surface area contributed by atoms with Crippen LogP contribution in [-0.4, -0.2) is 24.6 Å². The minimum atomic E-state index is -3.95. The van der Waals surface area contributed by atoms with Gasteiger partial charge >= 0.3 is 5.97 Å². The number of carboxylic acids is 1. The van der Waals surface area contributed by atoms with Gasteiger partial charge in [0.2, 0.25) is 10.0 Å². The number of phenolic OH excluding ortho intramolecular Hbond substituents is 1. The van der Waals surface area contributed by atoms with Crippen molar-refractivity contribution in [2.24, 2.45) is 0 Å². The molecule has 0 amide bonds. The van der Waals surface area contributed by atoms with Crippen LogP contribution in [0, 0.1) is 0 Å². The van der Waals surface area contributed by atoms with Crippen LogP contribution >= 0.6 is 11.3 Å². The third kappa shape index (κ3) is 3.41. The number of benzene rings is 1. The lowest BCUT2D eigenvalue weighted by Crippen LogP contribution is -2.27. The van der Waals surface area contributed by atoms with E-state index < -0.39 is 22.0 Å². The molecule has 112 valence electrons. The molecule has 0 radical (unpaired) electrons. The Morgan fingerprint density at radius 1 is 1.33 bits per heavy atom. The number of hydrogen-bond acceptors (Lipinski definition) is 5. The summed E-state index contributed by atoms with van der Waals surface area (Å²) < 4.78 is 26.9. The van der Waals surface area contributed by atoms with Crippen LogP contribution in [0.4, 0.5) is 0 Å². The van der Waals surface area contributed by atoms with E-state index in [-0.39, 0.29) is 15.5 Å². The fraction of sp³-hybridized carbons (Fsp3) is 0.154. The maximum atomic E-state index is 12.3. The monoisotopic (exact) mass is 327 g/mol. The minimum absolute atomic E-state index is 0.0281. The van der Waals surface area contributed by atoms with Gasteiger partial charge in [0.15, 0.2) is 0 Å². The summed E-state index contributed by atoms with van der Waals surface area (Å²) in [6.07, 6.45) is 0. The van der Waals surface area contributed by atoms with Crippen LogP contribution in [0.3, 0.4) is 0 Å². The molecule has 1 aromatic carbocycles. The van der Waals surface area contributed by atoms with Gasteiger partial charge in [0, 0.05) is 6.04 Å². The molecule has 1 heterocycles. The summed E-state index contributed by atoms with van der Waals surface area (Å²) in [7, 11) is -3.95. The largest absolute Gasteiger partial charge is 0.508 e. The van der Waals surface area contributed by atoms with Gasteiger partial charge in [-0.25, -0.2) is 17.9 Å². The lowest BCUT2D eigenvalue weighted by molar-refractivity contribution is 0.0698. The molecule has 0 aliphatic rings. The SMILES string of the molecule is CC(NS(=O)(=O)c1ccsc1C(=O)O)c1cccc(O)c1. The second kappa shape index (κ2) is 5.84. The zero-order valence-corrected chi connectivity index (χ0v) is 12.6. The van der Waals surface area contributed by atoms with E-state index in [9.17, 15) is 18.3 Å². The molecule has 8 heteroatoms. The van der Waals surface area contributed by atoms with E-state index in [0.717, 1.165) is 11.3 Å². The molecule has 2 rings (SSSR count). The number of aromatic carboxylic acids is 1. The molecule has 0 aliphatic carbocycles. The maximum absolute atomic E-state index is 12.3. The lowest BCUT2D eigenvalue weighted by atomic mass is 10.1. The van der Waals surface area contributed by atoms with E-state index in [1.165, 1.54) is 23.6 Å². The molecule has 1 aromatic heterocycles. The van der Waals surface area contributed by atoms with E-state index in [1.54, 1.807) is 19.1 Å². The van der Waals surface area contributed by atoms with Crippen LogP contribution in [-0.2, 0) is 10.0 Å². The van der Waals surface area contributed by atoms with Crippen molar-refractivity contribution in [3.8, 4) is 5.75 Å². The molecule has 21 heavy (non-hydrogen) atoms. The molecular weight excluding hydrogens is 314 g/mol. The van der Waals surface area contributed by atoms with Gasteiger partial charge in [-0.3, -0.25) is 0 Å². The van der Waals surface area contributed by atoms with Crippen molar-refractivity contribution >= 4 is 27.3 Å². The number of phenols is 1. The van der Waals surface area contributed by atoms with Gasteiger partial charge in [-0.05, 0) is 36.1 Å². The van der Waals surface area contributed by atoms with Crippen LogP contribution in [0.2, 0.25) is 0 Å². The van der Waals surface area contributed by atoms with E-state index in [2.05, 4.69) is 4.72 Å². The number of aromatic hydroxyl groups is 1. The third-order valence-corrected chi connectivity index (χ3v) is 5.43. The summed E-state index contributed by atoms with van der Waals surface area (Å²) >= 11 is 0.851. The fourth-order valence-electron chi connectivity index (χ4n) is 1.82. The third-order valence-electron chi connectivity index (χ3n) is 2.81. The Bertz CT molecular complexity index is 766. The van der Waals surface area contributed by atoms with E-state index in [0.29, 0.717) is 5.56 Å². The number of nitrogens with one attached hydrogen (secondary N) is 1. The number of carbonyl (C=O) groups is 1. The molecule has 6 nitrogen and oxygen atoms in total. The molecule has 1 unspecified atom stereocenters. The van der Waals surface area contributed by atoms with Crippen molar-refractivity contribution in [3.05, 3.63) is 46.2 Å². The smallest absolute Gasteiger partial charge is 0.347 e. The Hall–Kier alpha value is -1.90. The Morgan fingerprint density at radius 2 is 2.05 bits per heavy atom. The second-order valence-electron chi connectivity index (χ2n) is 4.36. The average molecular weight is 327 g/mol. The number of rotatable bonds is 5. The van der Waals surface area contributed by atoms with Crippen molar-refractivity contribution in [3.63, 3.8) is 0 Å². The molecule has 3 N–H and O–H groups in total. The van der Waals surface area contributed by atoms with Crippen LogP contribution in [0.5, 0.6) is 5.75 Å². The highest BCUT2D eigenvalue weighted by Crippen LogP contribution is 2.25. The highest BCUT2D eigenvalue weighted by atomic mass is 32.2. The summed E-state index contributed by atoms with van der Waals surface area (Å²) in [5.74, 6) is -1.25. The molecule has 1 atom stereocenters. The van der Waals surface area contributed by atoms with E-state index in [1.807, 2.05) is 0 Å². The Kier molecular flexibility index (Phi) is 4.31. The first-order valence-electron chi connectivity index (χ1n) is 5.93. The fourth-order valence-corrected chi connectivity index (χ4v) is 4.32. The number of sulfonamides is 1.